The highest BCUT2D eigenvalue weighted by Gasteiger charge is 2.09. The number of rotatable bonds is 3. The van der Waals surface area contributed by atoms with Gasteiger partial charge in [-0.2, -0.15) is 0 Å². The Labute approximate surface area is 135 Å². The van der Waals surface area contributed by atoms with E-state index < -0.39 is 0 Å². The maximum absolute atomic E-state index is 13.8. The number of thiazole rings is 1. The van der Waals surface area contributed by atoms with E-state index in [-0.39, 0.29) is 5.82 Å². The molecule has 21 heavy (non-hydrogen) atoms. The molecule has 0 aliphatic rings. The van der Waals surface area contributed by atoms with Gasteiger partial charge in [-0.15, -0.1) is 0 Å². The van der Waals surface area contributed by atoms with Crippen LogP contribution in [0.1, 0.15) is 25.3 Å². The number of aromatic nitrogens is 1. The Hall–Kier alpha value is -1.46. The van der Waals surface area contributed by atoms with Gasteiger partial charge >= 0.3 is 0 Å². The van der Waals surface area contributed by atoms with Crippen LogP contribution < -0.4 is 5.32 Å². The number of nitrogens with zero attached hydrogens (tertiary/aromatic N) is 1. The second-order valence-electron chi connectivity index (χ2n) is 5.15. The summed E-state index contributed by atoms with van der Waals surface area (Å²) >= 11 is 4.79. The highest BCUT2D eigenvalue weighted by molar-refractivity contribution is 9.10. The van der Waals surface area contributed by atoms with Crippen LogP contribution in [0.3, 0.4) is 0 Å². The van der Waals surface area contributed by atoms with Crippen molar-refractivity contribution in [1.82, 2.24) is 4.98 Å². The SMILES string of the molecule is CC(C)c1ccc2nc(Nc3ccc(Br)cc3F)sc2c1. The highest BCUT2D eigenvalue weighted by Crippen LogP contribution is 2.31. The van der Waals surface area contributed by atoms with Crippen molar-refractivity contribution in [3.05, 3.63) is 52.3 Å². The first-order valence-corrected chi connectivity index (χ1v) is 8.26. The first-order chi connectivity index (χ1) is 10.0. The summed E-state index contributed by atoms with van der Waals surface area (Å²) < 4.78 is 15.7. The molecule has 2 aromatic carbocycles. The fourth-order valence-electron chi connectivity index (χ4n) is 2.06. The lowest BCUT2D eigenvalue weighted by molar-refractivity contribution is 0.631. The van der Waals surface area contributed by atoms with Gasteiger partial charge in [0.25, 0.3) is 0 Å². The van der Waals surface area contributed by atoms with Crippen LogP contribution in [0.25, 0.3) is 10.2 Å². The molecular formula is C16H14BrFN2S. The molecule has 0 radical (unpaired) electrons. The summed E-state index contributed by atoms with van der Waals surface area (Å²) in [7, 11) is 0. The first kappa shape index (κ1) is 14.5. The molecule has 1 aromatic heterocycles. The molecule has 2 nitrogen and oxygen atoms in total. The molecule has 0 bridgehead atoms. The summed E-state index contributed by atoms with van der Waals surface area (Å²) in [5.41, 5.74) is 2.65. The zero-order chi connectivity index (χ0) is 15.0. The molecule has 0 unspecified atom stereocenters. The van der Waals surface area contributed by atoms with E-state index in [9.17, 15) is 4.39 Å². The molecule has 0 saturated carbocycles. The van der Waals surface area contributed by atoms with Crippen LogP contribution in [0.4, 0.5) is 15.2 Å². The summed E-state index contributed by atoms with van der Waals surface area (Å²) in [5, 5.41) is 3.75. The van der Waals surface area contributed by atoms with Gasteiger partial charge in [0.05, 0.1) is 15.9 Å². The minimum Gasteiger partial charge on any atom is -0.329 e. The second-order valence-corrected chi connectivity index (χ2v) is 7.10. The summed E-state index contributed by atoms with van der Waals surface area (Å²) in [6.07, 6.45) is 0. The van der Waals surface area contributed by atoms with E-state index in [4.69, 9.17) is 0 Å². The molecule has 0 aliphatic carbocycles. The Bertz CT molecular complexity index is 798. The number of fused-ring (bicyclic) bond motifs is 1. The van der Waals surface area contributed by atoms with Gasteiger partial charge in [0.15, 0.2) is 5.13 Å². The molecule has 0 amide bonds. The molecule has 0 spiro atoms. The summed E-state index contributed by atoms with van der Waals surface area (Å²) in [6.45, 7) is 4.33. The van der Waals surface area contributed by atoms with E-state index in [2.05, 4.69) is 52.2 Å². The highest BCUT2D eigenvalue weighted by atomic mass is 79.9. The van der Waals surface area contributed by atoms with Crippen LogP contribution >= 0.6 is 27.3 Å². The lowest BCUT2D eigenvalue weighted by atomic mass is 10.0. The van der Waals surface area contributed by atoms with Crippen LogP contribution in [0.2, 0.25) is 0 Å². The predicted octanol–water partition coefficient (Wildman–Crippen LogP) is 6.06. The van der Waals surface area contributed by atoms with Gasteiger partial charge in [0.1, 0.15) is 5.82 Å². The smallest absolute Gasteiger partial charge is 0.188 e. The molecule has 0 aliphatic heterocycles. The van der Waals surface area contributed by atoms with E-state index in [1.165, 1.54) is 23.0 Å². The lowest BCUT2D eigenvalue weighted by Crippen LogP contribution is -1.92. The van der Waals surface area contributed by atoms with E-state index in [1.807, 2.05) is 6.07 Å². The third-order valence-electron chi connectivity index (χ3n) is 3.25. The fraction of sp³-hybridized carbons (Fsp3) is 0.188. The van der Waals surface area contributed by atoms with Gasteiger partial charge in [-0.05, 0) is 41.8 Å². The van der Waals surface area contributed by atoms with Crippen molar-refractivity contribution in [3.63, 3.8) is 0 Å². The number of hydrogen-bond acceptors (Lipinski definition) is 3. The molecular weight excluding hydrogens is 351 g/mol. The van der Waals surface area contributed by atoms with Crippen LogP contribution in [0, 0.1) is 5.82 Å². The predicted molar refractivity (Wildman–Crippen MR) is 91.1 cm³/mol. The minimum atomic E-state index is -0.300. The molecule has 108 valence electrons. The van der Waals surface area contributed by atoms with Crippen LogP contribution in [-0.2, 0) is 0 Å². The van der Waals surface area contributed by atoms with Crippen molar-refractivity contribution in [2.24, 2.45) is 0 Å². The second kappa shape index (κ2) is 5.73. The van der Waals surface area contributed by atoms with Crippen molar-refractivity contribution in [2.45, 2.75) is 19.8 Å². The van der Waals surface area contributed by atoms with Gasteiger partial charge < -0.3 is 5.32 Å². The Morgan fingerprint density at radius 1 is 1.19 bits per heavy atom. The molecule has 1 N–H and O–H groups in total. The summed E-state index contributed by atoms with van der Waals surface area (Å²) in [5.74, 6) is 0.184. The third kappa shape index (κ3) is 3.09. The Balaban J connectivity index is 1.94. The normalized spacial score (nSPS) is 11.3. The minimum absolute atomic E-state index is 0.300. The number of benzene rings is 2. The maximum atomic E-state index is 13.8. The molecule has 3 aromatic rings. The van der Waals surface area contributed by atoms with Gasteiger partial charge in [-0.1, -0.05) is 47.2 Å². The quantitative estimate of drug-likeness (QED) is 0.610. The van der Waals surface area contributed by atoms with Crippen LogP contribution in [0.15, 0.2) is 40.9 Å². The monoisotopic (exact) mass is 364 g/mol. The molecule has 0 saturated heterocycles. The topological polar surface area (TPSA) is 24.9 Å². The van der Waals surface area contributed by atoms with E-state index >= 15 is 0 Å². The first-order valence-electron chi connectivity index (χ1n) is 6.65. The van der Waals surface area contributed by atoms with E-state index in [1.54, 1.807) is 12.1 Å². The molecule has 1 heterocycles. The molecule has 0 atom stereocenters. The van der Waals surface area contributed by atoms with E-state index in [0.717, 1.165) is 14.7 Å². The Morgan fingerprint density at radius 2 is 2.00 bits per heavy atom. The third-order valence-corrected chi connectivity index (χ3v) is 4.68. The lowest BCUT2D eigenvalue weighted by Gasteiger charge is -2.03. The zero-order valence-corrected chi connectivity index (χ0v) is 14.1. The number of anilines is 2. The van der Waals surface area contributed by atoms with Gasteiger partial charge in [-0.3, -0.25) is 0 Å². The Kier molecular flexibility index (Phi) is 3.95. The number of halogens is 2. The molecule has 5 heteroatoms. The molecule has 0 fully saturated rings. The van der Waals surface area contributed by atoms with Crippen molar-refractivity contribution in [3.8, 4) is 0 Å². The largest absolute Gasteiger partial charge is 0.329 e. The number of hydrogen-bond donors (Lipinski definition) is 1. The average molecular weight is 365 g/mol. The zero-order valence-electron chi connectivity index (χ0n) is 11.7. The summed E-state index contributed by atoms with van der Waals surface area (Å²) in [4.78, 5) is 4.50. The molecule has 3 rings (SSSR count). The fourth-order valence-corrected chi connectivity index (χ4v) is 3.32. The van der Waals surface area contributed by atoms with Crippen LogP contribution in [0.5, 0.6) is 0 Å². The average Bonchev–Trinajstić information content (AvgIpc) is 2.83. The number of nitrogens with one attached hydrogen (secondary N) is 1. The van der Waals surface area contributed by atoms with Gasteiger partial charge in [0.2, 0.25) is 0 Å². The van der Waals surface area contributed by atoms with Gasteiger partial charge in [-0.25, -0.2) is 9.37 Å². The van der Waals surface area contributed by atoms with Crippen LogP contribution in [-0.4, -0.2) is 4.98 Å². The maximum Gasteiger partial charge on any atom is 0.188 e. The summed E-state index contributed by atoms with van der Waals surface area (Å²) in [6, 6.07) is 11.2. The van der Waals surface area contributed by atoms with Gasteiger partial charge in [0, 0.05) is 4.47 Å². The standard InChI is InChI=1S/C16H14BrFN2S/c1-9(2)10-3-5-14-15(7-10)21-16(20-14)19-13-6-4-11(17)8-12(13)18/h3-9H,1-2H3,(H,19,20). The Morgan fingerprint density at radius 3 is 2.71 bits per heavy atom. The van der Waals surface area contributed by atoms with Crippen molar-refractivity contribution >= 4 is 48.3 Å². The van der Waals surface area contributed by atoms with Crippen molar-refractivity contribution in [1.29, 1.82) is 0 Å². The van der Waals surface area contributed by atoms with Crippen molar-refractivity contribution in [2.75, 3.05) is 5.32 Å². The van der Waals surface area contributed by atoms with E-state index in [0.29, 0.717) is 16.7 Å². The van der Waals surface area contributed by atoms with Crippen molar-refractivity contribution < 1.29 is 4.39 Å².